The third-order valence-corrected chi connectivity index (χ3v) is 4.76. The van der Waals surface area contributed by atoms with E-state index in [1.807, 2.05) is 0 Å². The van der Waals surface area contributed by atoms with Crippen LogP contribution in [-0.2, 0) is 17.8 Å². The number of carbonyl (C=O) groups excluding carboxylic acids is 1. The van der Waals surface area contributed by atoms with Gasteiger partial charge in [0.25, 0.3) is 0 Å². The topological polar surface area (TPSA) is 20.3 Å². The highest BCUT2D eigenvalue weighted by atomic mass is 35.5. The summed E-state index contributed by atoms with van der Waals surface area (Å²) in [4.78, 5) is 14.3. The zero-order valence-corrected chi connectivity index (χ0v) is 14.2. The van der Waals surface area contributed by atoms with Gasteiger partial charge in [-0.25, -0.2) is 8.78 Å². The van der Waals surface area contributed by atoms with Crippen LogP contribution < -0.4 is 0 Å². The van der Waals surface area contributed by atoms with Gasteiger partial charge in [-0.2, -0.15) is 0 Å². The Hall–Kier alpha value is -1.65. The van der Waals surface area contributed by atoms with Crippen LogP contribution in [0.25, 0.3) is 0 Å². The number of hydrogen-bond donors (Lipinski definition) is 0. The first kappa shape index (κ1) is 17.2. The third kappa shape index (κ3) is 3.87. The number of carbonyl (C=O) groups is 1. The zero-order valence-electron chi connectivity index (χ0n) is 12.7. The molecule has 0 N–H and O–H groups in total. The molecule has 0 bridgehead atoms. The SMILES string of the molecule is O=C(Cc1c(Cl)cccc1Cl)N(Cc1ccc(F)cc1F)C1CC1. The molecule has 0 aliphatic heterocycles. The van der Waals surface area contributed by atoms with Gasteiger partial charge < -0.3 is 4.90 Å². The second-order valence-corrected chi connectivity index (χ2v) is 6.68. The van der Waals surface area contributed by atoms with Gasteiger partial charge in [0.15, 0.2) is 0 Å². The highest BCUT2D eigenvalue weighted by molar-refractivity contribution is 6.36. The van der Waals surface area contributed by atoms with Crippen molar-refractivity contribution in [1.82, 2.24) is 4.90 Å². The van der Waals surface area contributed by atoms with Crippen molar-refractivity contribution >= 4 is 29.1 Å². The van der Waals surface area contributed by atoms with E-state index >= 15 is 0 Å². The van der Waals surface area contributed by atoms with Crippen LogP contribution in [0.5, 0.6) is 0 Å². The standard InChI is InChI=1S/C18H15Cl2F2NO/c19-15-2-1-3-16(20)14(15)9-18(24)23(13-6-7-13)10-11-4-5-12(21)8-17(11)22/h1-5,8,13H,6-7,9-10H2. The minimum atomic E-state index is -0.649. The lowest BCUT2D eigenvalue weighted by atomic mass is 10.1. The van der Waals surface area contributed by atoms with Crippen LogP contribution in [0, 0.1) is 11.6 Å². The van der Waals surface area contributed by atoms with Gasteiger partial charge in [0.1, 0.15) is 11.6 Å². The lowest BCUT2D eigenvalue weighted by Gasteiger charge is -2.23. The second-order valence-electron chi connectivity index (χ2n) is 5.87. The maximum atomic E-state index is 13.9. The van der Waals surface area contributed by atoms with Gasteiger partial charge in [-0.1, -0.05) is 35.3 Å². The molecule has 6 heteroatoms. The molecule has 2 aromatic carbocycles. The van der Waals surface area contributed by atoms with E-state index in [0.29, 0.717) is 21.2 Å². The van der Waals surface area contributed by atoms with Crippen molar-refractivity contribution in [3.63, 3.8) is 0 Å². The molecular formula is C18H15Cl2F2NO. The number of benzene rings is 2. The van der Waals surface area contributed by atoms with Gasteiger partial charge in [0.05, 0.1) is 6.42 Å². The summed E-state index contributed by atoms with van der Waals surface area (Å²) in [5, 5.41) is 0.860. The smallest absolute Gasteiger partial charge is 0.227 e. The molecule has 0 aromatic heterocycles. The molecule has 0 radical (unpaired) electrons. The maximum Gasteiger partial charge on any atom is 0.227 e. The fourth-order valence-electron chi connectivity index (χ4n) is 2.59. The van der Waals surface area contributed by atoms with Crippen molar-refractivity contribution in [2.45, 2.75) is 31.8 Å². The maximum absolute atomic E-state index is 13.9. The molecule has 1 saturated carbocycles. The summed E-state index contributed by atoms with van der Waals surface area (Å²) in [6.07, 6.45) is 1.81. The molecule has 2 nitrogen and oxygen atoms in total. The minimum absolute atomic E-state index is 0.0534. The van der Waals surface area contributed by atoms with Crippen molar-refractivity contribution in [3.05, 3.63) is 69.2 Å². The zero-order chi connectivity index (χ0) is 17.3. The van der Waals surface area contributed by atoms with Gasteiger partial charge in [0, 0.05) is 34.3 Å². The summed E-state index contributed by atoms with van der Waals surface area (Å²) < 4.78 is 26.9. The van der Waals surface area contributed by atoms with E-state index in [2.05, 4.69) is 0 Å². The monoisotopic (exact) mass is 369 g/mol. The summed E-state index contributed by atoms with van der Waals surface area (Å²) in [5.74, 6) is -1.45. The molecule has 1 aliphatic rings. The molecule has 1 aliphatic carbocycles. The fourth-order valence-corrected chi connectivity index (χ4v) is 3.13. The summed E-state index contributed by atoms with van der Waals surface area (Å²) >= 11 is 12.2. The van der Waals surface area contributed by atoms with Crippen LogP contribution in [0.1, 0.15) is 24.0 Å². The Morgan fingerprint density at radius 3 is 2.38 bits per heavy atom. The van der Waals surface area contributed by atoms with Crippen molar-refractivity contribution in [2.24, 2.45) is 0 Å². The number of halogens is 4. The number of nitrogens with zero attached hydrogens (tertiary/aromatic N) is 1. The highest BCUT2D eigenvalue weighted by Gasteiger charge is 2.33. The average Bonchev–Trinajstić information content (AvgIpc) is 3.35. The number of rotatable bonds is 5. The second kappa shape index (κ2) is 7.08. The summed E-state index contributed by atoms with van der Waals surface area (Å²) in [7, 11) is 0. The lowest BCUT2D eigenvalue weighted by Crippen LogP contribution is -2.34. The van der Waals surface area contributed by atoms with E-state index in [1.54, 1.807) is 23.1 Å². The van der Waals surface area contributed by atoms with Gasteiger partial charge >= 0.3 is 0 Å². The summed E-state index contributed by atoms with van der Waals surface area (Å²) in [6, 6.07) is 8.55. The Morgan fingerprint density at radius 2 is 1.79 bits per heavy atom. The van der Waals surface area contributed by atoms with Crippen molar-refractivity contribution in [2.75, 3.05) is 0 Å². The Morgan fingerprint density at radius 1 is 1.12 bits per heavy atom. The predicted molar refractivity (Wildman–Crippen MR) is 90.1 cm³/mol. The van der Waals surface area contributed by atoms with Crippen LogP contribution in [0.2, 0.25) is 10.0 Å². The Balaban J connectivity index is 1.79. The highest BCUT2D eigenvalue weighted by Crippen LogP contribution is 2.31. The number of hydrogen-bond acceptors (Lipinski definition) is 1. The van der Waals surface area contributed by atoms with Gasteiger partial charge in [0.2, 0.25) is 5.91 Å². The molecule has 0 heterocycles. The first-order valence-corrected chi connectivity index (χ1v) is 8.37. The van der Waals surface area contributed by atoms with E-state index in [9.17, 15) is 13.6 Å². The molecule has 0 unspecified atom stereocenters. The quantitative estimate of drug-likeness (QED) is 0.725. The number of amides is 1. The molecule has 126 valence electrons. The van der Waals surface area contributed by atoms with E-state index < -0.39 is 11.6 Å². The van der Waals surface area contributed by atoms with Crippen LogP contribution in [0.15, 0.2) is 36.4 Å². The largest absolute Gasteiger partial charge is 0.335 e. The lowest BCUT2D eigenvalue weighted by molar-refractivity contribution is -0.131. The van der Waals surface area contributed by atoms with Gasteiger partial charge in [-0.15, -0.1) is 0 Å². The van der Waals surface area contributed by atoms with Crippen LogP contribution >= 0.6 is 23.2 Å². The molecule has 2 aromatic rings. The third-order valence-electron chi connectivity index (χ3n) is 4.05. The van der Waals surface area contributed by atoms with E-state index in [-0.39, 0.29) is 24.9 Å². The fraction of sp³-hybridized carbons (Fsp3) is 0.278. The summed E-state index contributed by atoms with van der Waals surface area (Å²) in [5.41, 5.74) is 0.859. The predicted octanol–water partition coefficient (Wildman–Crippen LogP) is 5.01. The van der Waals surface area contributed by atoms with E-state index in [0.717, 1.165) is 18.9 Å². The van der Waals surface area contributed by atoms with Gasteiger partial charge in [-0.3, -0.25) is 4.79 Å². The van der Waals surface area contributed by atoms with Crippen LogP contribution in [-0.4, -0.2) is 16.8 Å². The minimum Gasteiger partial charge on any atom is -0.335 e. The summed E-state index contributed by atoms with van der Waals surface area (Å²) in [6.45, 7) is 0.109. The Labute approximate surface area is 149 Å². The molecule has 3 rings (SSSR count). The first-order chi connectivity index (χ1) is 11.5. The van der Waals surface area contributed by atoms with Crippen molar-refractivity contribution in [1.29, 1.82) is 0 Å². The van der Waals surface area contributed by atoms with E-state index in [4.69, 9.17) is 23.2 Å². The molecule has 1 fully saturated rings. The van der Waals surface area contributed by atoms with E-state index in [1.165, 1.54) is 12.1 Å². The van der Waals surface area contributed by atoms with Gasteiger partial charge in [-0.05, 0) is 36.6 Å². The Kier molecular flexibility index (Phi) is 5.07. The van der Waals surface area contributed by atoms with Crippen molar-refractivity contribution in [3.8, 4) is 0 Å². The average molecular weight is 370 g/mol. The molecule has 0 atom stereocenters. The molecule has 0 spiro atoms. The Bertz CT molecular complexity index is 757. The molecular weight excluding hydrogens is 355 g/mol. The molecule has 24 heavy (non-hydrogen) atoms. The molecule has 1 amide bonds. The first-order valence-electron chi connectivity index (χ1n) is 7.62. The van der Waals surface area contributed by atoms with Crippen molar-refractivity contribution < 1.29 is 13.6 Å². The molecule has 0 saturated heterocycles. The van der Waals surface area contributed by atoms with Crippen LogP contribution in [0.3, 0.4) is 0 Å². The normalized spacial score (nSPS) is 13.8. The van der Waals surface area contributed by atoms with Crippen LogP contribution in [0.4, 0.5) is 8.78 Å².